The molecular formula is C20H21NO2. The highest BCUT2D eigenvalue weighted by molar-refractivity contribution is 5.85. The second kappa shape index (κ2) is 6.80. The number of hydrogen-bond donors (Lipinski definition) is 1. The Balaban J connectivity index is 1.74. The van der Waals surface area contributed by atoms with Gasteiger partial charge in [0.15, 0.2) is 0 Å². The molecule has 1 N–H and O–H groups in total. The predicted molar refractivity (Wildman–Crippen MR) is 93.0 cm³/mol. The molecule has 0 bridgehead atoms. The smallest absolute Gasteiger partial charge is 0.328 e. The number of benzene rings is 2. The minimum atomic E-state index is -0.929. The first-order valence-corrected chi connectivity index (χ1v) is 7.92. The van der Waals surface area contributed by atoms with E-state index in [9.17, 15) is 4.79 Å². The molecule has 23 heavy (non-hydrogen) atoms. The van der Waals surface area contributed by atoms with Gasteiger partial charge in [0.1, 0.15) is 0 Å². The van der Waals surface area contributed by atoms with Crippen LogP contribution in [0.5, 0.6) is 0 Å². The van der Waals surface area contributed by atoms with Crippen LogP contribution in [0.25, 0.3) is 17.2 Å². The zero-order chi connectivity index (χ0) is 16.2. The topological polar surface area (TPSA) is 40.5 Å². The van der Waals surface area contributed by atoms with Crippen LogP contribution in [0, 0.1) is 0 Å². The lowest BCUT2D eigenvalue weighted by molar-refractivity contribution is -0.131. The third-order valence-electron chi connectivity index (χ3n) is 4.19. The molecule has 2 aromatic rings. The molecule has 1 aliphatic carbocycles. The van der Waals surface area contributed by atoms with Crippen molar-refractivity contribution in [2.75, 3.05) is 7.05 Å². The normalized spacial score (nSPS) is 14.5. The molecule has 0 heterocycles. The van der Waals surface area contributed by atoms with E-state index < -0.39 is 5.97 Å². The van der Waals surface area contributed by atoms with Crippen LogP contribution in [-0.2, 0) is 11.3 Å². The zero-order valence-electron chi connectivity index (χ0n) is 13.3. The minimum absolute atomic E-state index is 0.763. The lowest BCUT2D eigenvalue weighted by atomic mass is 10.0. The van der Waals surface area contributed by atoms with Crippen LogP contribution >= 0.6 is 0 Å². The zero-order valence-corrected chi connectivity index (χ0v) is 13.3. The first-order valence-electron chi connectivity index (χ1n) is 7.92. The van der Waals surface area contributed by atoms with Gasteiger partial charge in [-0.25, -0.2) is 4.79 Å². The number of hydrogen-bond acceptors (Lipinski definition) is 2. The highest BCUT2D eigenvalue weighted by atomic mass is 16.4. The number of nitrogens with zero attached hydrogens (tertiary/aromatic N) is 1. The fourth-order valence-corrected chi connectivity index (χ4v) is 2.74. The van der Waals surface area contributed by atoms with Crippen molar-refractivity contribution in [3.05, 3.63) is 65.7 Å². The van der Waals surface area contributed by atoms with E-state index in [0.717, 1.165) is 29.8 Å². The first-order chi connectivity index (χ1) is 11.1. The summed E-state index contributed by atoms with van der Waals surface area (Å²) in [5, 5.41) is 8.66. The summed E-state index contributed by atoms with van der Waals surface area (Å²) in [6, 6.07) is 17.3. The van der Waals surface area contributed by atoms with E-state index in [1.54, 1.807) is 6.08 Å². The maximum atomic E-state index is 10.5. The van der Waals surface area contributed by atoms with Gasteiger partial charge in [0.05, 0.1) is 0 Å². The molecule has 0 unspecified atom stereocenters. The molecule has 118 valence electrons. The maximum absolute atomic E-state index is 10.5. The summed E-state index contributed by atoms with van der Waals surface area (Å²) in [4.78, 5) is 13.0. The predicted octanol–water partition coefficient (Wildman–Crippen LogP) is 4.05. The molecule has 3 heteroatoms. The standard InChI is InChI=1S/C20H21NO2/c1-21(19-10-11-19)14-16-3-2-4-18(13-16)17-8-5-15(6-9-17)7-12-20(22)23/h2-9,12-13,19H,10-11,14H2,1H3,(H,22,23)/b12-7+. The summed E-state index contributed by atoms with van der Waals surface area (Å²) in [5.74, 6) is -0.929. The maximum Gasteiger partial charge on any atom is 0.328 e. The monoisotopic (exact) mass is 307 g/mol. The third-order valence-corrected chi connectivity index (χ3v) is 4.19. The van der Waals surface area contributed by atoms with Gasteiger partial charge in [-0.05, 0) is 54.3 Å². The van der Waals surface area contributed by atoms with E-state index in [4.69, 9.17) is 5.11 Å². The van der Waals surface area contributed by atoms with E-state index in [-0.39, 0.29) is 0 Å². The van der Waals surface area contributed by atoms with E-state index >= 15 is 0 Å². The van der Waals surface area contributed by atoms with Crippen molar-refractivity contribution >= 4 is 12.0 Å². The second-order valence-corrected chi connectivity index (χ2v) is 6.14. The molecule has 3 rings (SSSR count). The SMILES string of the molecule is CN(Cc1cccc(-c2ccc(/C=C/C(=O)O)cc2)c1)C1CC1. The number of aliphatic carboxylic acids is 1. The molecular weight excluding hydrogens is 286 g/mol. The molecule has 2 aromatic carbocycles. The molecule has 0 spiro atoms. The van der Waals surface area contributed by atoms with Crippen molar-refractivity contribution in [3.63, 3.8) is 0 Å². The van der Waals surface area contributed by atoms with E-state index in [0.29, 0.717) is 0 Å². The van der Waals surface area contributed by atoms with Crippen molar-refractivity contribution in [2.45, 2.75) is 25.4 Å². The van der Waals surface area contributed by atoms with Gasteiger partial charge in [-0.3, -0.25) is 4.90 Å². The summed E-state index contributed by atoms with van der Waals surface area (Å²) in [7, 11) is 2.19. The highest BCUT2D eigenvalue weighted by Gasteiger charge is 2.25. The quantitative estimate of drug-likeness (QED) is 0.819. The Kier molecular flexibility index (Phi) is 4.58. The van der Waals surface area contributed by atoms with E-state index in [1.165, 1.54) is 24.0 Å². The third kappa shape index (κ3) is 4.30. The Labute approximate surface area is 136 Å². The van der Waals surface area contributed by atoms with Crippen LogP contribution in [0.2, 0.25) is 0 Å². The molecule has 0 atom stereocenters. The summed E-state index contributed by atoms with van der Waals surface area (Å²) in [5.41, 5.74) is 4.56. The fraction of sp³-hybridized carbons (Fsp3) is 0.250. The molecule has 1 aliphatic rings. The molecule has 3 nitrogen and oxygen atoms in total. The summed E-state index contributed by atoms with van der Waals surface area (Å²) < 4.78 is 0. The first kappa shape index (κ1) is 15.5. The van der Waals surface area contributed by atoms with Gasteiger partial charge in [-0.15, -0.1) is 0 Å². The van der Waals surface area contributed by atoms with Gasteiger partial charge >= 0.3 is 5.97 Å². The van der Waals surface area contributed by atoms with Crippen LogP contribution in [0.15, 0.2) is 54.6 Å². The fourth-order valence-electron chi connectivity index (χ4n) is 2.74. The number of carbonyl (C=O) groups is 1. The second-order valence-electron chi connectivity index (χ2n) is 6.14. The van der Waals surface area contributed by atoms with Crippen molar-refractivity contribution in [2.24, 2.45) is 0 Å². The van der Waals surface area contributed by atoms with Crippen LogP contribution in [0.4, 0.5) is 0 Å². The molecule has 1 fully saturated rings. The minimum Gasteiger partial charge on any atom is -0.478 e. The molecule has 0 aromatic heterocycles. The van der Waals surface area contributed by atoms with Gasteiger partial charge in [-0.2, -0.15) is 0 Å². The average Bonchev–Trinajstić information content (AvgIpc) is 3.38. The molecule has 0 radical (unpaired) electrons. The van der Waals surface area contributed by atoms with Crippen molar-refractivity contribution in [1.82, 2.24) is 4.90 Å². The lowest BCUT2D eigenvalue weighted by Crippen LogP contribution is -2.19. The summed E-state index contributed by atoms with van der Waals surface area (Å²) >= 11 is 0. The van der Waals surface area contributed by atoms with Crippen molar-refractivity contribution in [1.29, 1.82) is 0 Å². The highest BCUT2D eigenvalue weighted by Crippen LogP contribution is 2.28. The van der Waals surface area contributed by atoms with Crippen molar-refractivity contribution < 1.29 is 9.90 Å². The Hall–Kier alpha value is -2.39. The van der Waals surface area contributed by atoms with Gasteiger partial charge in [0.25, 0.3) is 0 Å². The Morgan fingerprint density at radius 2 is 1.91 bits per heavy atom. The number of carboxylic acids is 1. The van der Waals surface area contributed by atoms with Crippen LogP contribution in [0.1, 0.15) is 24.0 Å². The number of rotatable bonds is 6. The van der Waals surface area contributed by atoms with Crippen LogP contribution < -0.4 is 0 Å². The van der Waals surface area contributed by atoms with Gasteiger partial charge in [0.2, 0.25) is 0 Å². The summed E-state index contributed by atoms with van der Waals surface area (Å²) in [6.45, 7) is 0.984. The lowest BCUT2D eigenvalue weighted by Gasteiger charge is -2.16. The Morgan fingerprint density at radius 1 is 1.17 bits per heavy atom. The van der Waals surface area contributed by atoms with E-state index in [2.05, 4.69) is 36.2 Å². The van der Waals surface area contributed by atoms with Gasteiger partial charge in [-0.1, -0.05) is 42.5 Å². The van der Waals surface area contributed by atoms with Crippen molar-refractivity contribution in [3.8, 4) is 11.1 Å². The largest absolute Gasteiger partial charge is 0.478 e. The van der Waals surface area contributed by atoms with E-state index in [1.807, 2.05) is 24.3 Å². The molecule has 1 saturated carbocycles. The molecule has 0 saturated heterocycles. The average molecular weight is 307 g/mol. The number of carboxylic acid groups (broad SMARTS) is 1. The Bertz CT molecular complexity index is 715. The molecule has 0 aliphatic heterocycles. The van der Waals surface area contributed by atoms with Gasteiger partial charge < -0.3 is 5.11 Å². The van der Waals surface area contributed by atoms with Gasteiger partial charge in [0, 0.05) is 18.7 Å². The van der Waals surface area contributed by atoms with Crippen LogP contribution in [-0.4, -0.2) is 29.1 Å². The summed E-state index contributed by atoms with van der Waals surface area (Å²) in [6.07, 6.45) is 5.40. The molecule has 0 amide bonds. The van der Waals surface area contributed by atoms with Crippen LogP contribution in [0.3, 0.4) is 0 Å². The Morgan fingerprint density at radius 3 is 2.57 bits per heavy atom.